The number of aliphatic carboxylic acids is 2. The van der Waals surface area contributed by atoms with E-state index < -0.39 is 41.7 Å². The monoisotopic (exact) mass is 493 g/mol. The second kappa shape index (κ2) is 13.8. The number of rotatable bonds is 9. The summed E-state index contributed by atoms with van der Waals surface area (Å²) in [5.74, 6) is -4.42. The summed E-state index contributed by atoms with van der Waals surface area (Å²) in [5.41, 5.74) is -0.832. The average Bonchev–Trinajstić information content (AvgIpc) is 2.78. The molecular weight excluding hydrogens is 466 g/mol. The lowest BCUT2D eigenvalue weighted by molar-refractivity contribution is -0.165. The predicted octanol–water partition coefficient (Wildman–Crippen LogP) is 1.58. The zero-order valence-electron chi connectivity index (χ0n) is 18.1. The maximum Gasteiger partial charge on any atom is 0.416 e. The van der Waals surface area contributed by atoms with Crippen LogP contribution in [0.2, 0.25) is 0 Å². The summed E-state index contributed by atoms with van der Waals surface area (Å²) in [6.07, 6.45) is -6.41. The summed E-state index contributed by atoms with van der Waals surface area (Å²) in [7, 11) is 0. The number of carboxylic acids is 2. The minimum Gasteiger partial charge on any atom is -0.479 e. The Bertz CT molecular complexity index is 838. The molecule has 1 heterocycles. The van der Waals surface area contributed by atoms with Crippen molar-refractivity contribution in [2.75, 3.05) is 19.6 Å². The maximum atomic E-state index is 13.3. The first-order chi connectivity index (χ1) is 15.9. The summed E-state index contributed by atoms with van der Waals surface area (Å²) in [6, 6.07) is 5.09. The van der Waals surface area contributed by atoms with Gasteiger partial charge >= 0.3 is 18.1 Å². The van der Waals surface area contributed by atoms with Gasteiger partial charge in [0.1, 0.15) is 5.82 Å². The zero-order chi connectivity index (χ0) is 25.9. The van der Waals surface area contributed by atoms with Crippen molar-refractivity contribution in [3.8, 4) is 6.07 Å². The van der Waals surface area contributed by atoms with Crippen LogP contribution in [0.5, 0.6) is 0 Å². The molecule has 0 aliphatic carbocycles. The molecule has 1 fully saturated rings. The normalized spacial score (nSPS) is 16.2. The van der Waals surface area contributed by atoms with E-state index in [4.69, 9.17) is 25.7 Å². The van der Waals surface area contributed by atoms with Crippen LogP contribution in [-0.2, 0) is 22.3 Å². The first-order valence-electron chi connectivity index (χ1n) is 10.4. The third-order valence-electron chi connectivity index (χ3n) is 5.11. The zero-order valence-corrected chi connectivity index (χ0v) is 18.1. The van der Waals surface area contributed by atoms with Crippen LogP contribution >= 0.6 is 0 Å². The van der Waals surface area contributed by atoms with Gasteiger partial charge in [0.05, 0.1) is 11.6 Å². The molecule has 0 amide bonds. The Labute approximate surface area is 193 Å². The van der Waals surface area contributed by atoms with Gasteiger partial charge < -0.3 is 25.7 Å². The van der Waals surface area contributed by atoms with E-state index >= 15 is 0 Å². The number of halogens is 4. The molecule has 0 spiro atoms. The van der Waals surface area contributed by atoms with Crippen molar-refractivity contribution in [1.82, 2.24) is 10.2 Å². The highest BCUT2D eigenvalue weighted by molar-refractivity contribution is 5.83. The molecule has 0 bridgehead atoms. The van der Waals surface area contributed by atoms with Crippen LogP contribution in [-0.4, -0.2) is 75.1 Å². The minimum absolute atomic E-state index is 0.0828. The Hall–Kier alpha value is -2.79. The first-order valence-corrected chi connectivity index (χ1v) is 10.4. The fraction of sp³-hybridized carbons (Fsp3) is 0.571. The van der Waals surface area contributed by atoms with Crippen LogP contribution in [0.3, 0.4) is 0 Å². The first kappa shape index (κ1) is 29.2. The van der Waals surface area contributed by atoms with Crippen molar-refractivity contribution in [1.29, 1.82) is 5.26 Å². The SMILES string of the molecule is N#CCCCN(Cc1ccc(F)cc1C(F)(F)F)C1CCNCC1.O=C(O)C(O)C(O)C(=O)O. The molecule has 13 heteroatoms. The van der Waals surface area contributed by atoms with E-state index in [1.807, 2.05) is 4.90 Å². The van der Waals surface area contributed by atoms with Crippen LogP contribution in [0.4, 0.5) is 17.6 Å². The molecule has 2 rings (SSSR count). The molecule has 1 saturated heterocycles. The topological polar surface area (TPSA) is 154 Å². The van der Waals surface area contributed by atoms with E-state index in [-0.39, 0.29) is 18.2 Å². The third-order valence-corrected chi connectivity index (χ3v) is 5.11. The highest BCUT2D eigenvalue weighted by atomic mass is 19.4. The Balaban J connectivity index is 0.000000489. The predicted molar refractivity (Wildman–Crippen MR) is 110 cm³/mol. The second-order valence-electron chi connectivity index (χ2n) is 7.58. The molecule has 1 aromatic rings. The van der Waals surface area contributed by atoms with Crippen LogP contribution in [0, 0.1) is 17.1 Å². The van der Waals surface area contributed by atoms with Crippen LogP contribution in [0.25, 0.3) is 0 Å². The Morgan fingerprint density at radius 1 is 1.15 bits per heavy atom. The number of aliphatic hydroxyl groups excluding tert-OH is 2. The highest BCUT2D eigenvalue weighted by Crippen LogP contribution is 2.33. The Morgan fingerprint density at radius 2 is 1.71 bits per heavy atom. The second-order valence-corrected chi connectivity index (χ2v) is 7.58. The van der Waals surface area contributed by atoms with Gasteiger partial charge in [0.2, 0.25) is 0 Å². The van der Waals surface area contributed by atoms with Gasteiger partial charge in [-0.1, -0.05) is 6.07 Å². The molecule has 0 aromatic heterocycles. The third kappa shape index (κ3) is 9.60. The van der Waals surface area contributed by atoms with Crippen molar-refractivity contribution in [2.45, 2.75) is 56.7 Å². The van der Waals surface area contributed by atoms with Crippen molar-refractivity contribution in [3.05, 3.63) is 35.1 Å². The number of carboxylic acid groups (broad SMARTS) is 2. The number of hydrogen-bond donors (Lipinski definition) is 5. The number of nitrogens with one attached hydrogen (secondary N) is 1. The van der Waals surface area contributed by atoms with Crippen molar-refractivity contribution in [3.63, 3.8) is 0 Å². The Kier molecular flexibility index (Phi) is 11.9. The van der Waals surface area contributed by atoms with E-state index in [1.54, 1.807) is 0 Å². The lowest BCUT2D eigenvalue weighted by Gasteiger charge is -2.35. The van der Waals surface area contributed by atoms with Crippen LogP contribution < -0.4 is 5.32 Å². The Morgan fingerprint density at radius 3 is 2.18 bits per heavy atom. The molecule has 2 unspecified atom stereocenters. The van der Waals surface area contributed by atoms with E-state index in [2.05, 4.69) is 11.4 Å². The number of carbonyl (C=O) groups is 2. The van der Waals surface area contributed by atoms with Gasteiger partial charge in [-0.25, -0.2) is 14.0 Å². The standard InChI is InChI=1S/C17H21F4N3.C4H6O6/c18-14-4-3-13(16(11-14)17(19,20)21)12-24(10-2-1-7-22)15-5-8-23-9-6-15;5-1(3(7)8)2(6)4(9)10/h3-4,11,15,23H,1-2,5-6,8-10,12H2;1-2,5-6H,(H,7,8)(H,9,10). The number of alkyl halides is 3. The summed E-state index contributed by atoms with van der Waals surface area (Å²) in [5, 5.41) is 44.5. The molecule has 9 nitrogen and oxygen atoms in total. The summed E-state index contributed by atoms with van der Waals surface area (Å²) in [6.45, 7) is 2.34. The molecule has 1 aliphatic heterocycles. The number of nitrogens with zero attached hydrogens (tertiary/aromatic N) is 2. The fourth-order valence-electron chi connectivity index (χ4n) is 3.36. The van der Waals surface area contributed by atoms with E-state index in [9.17, 15) is 27.2 Å². The van der Waals surface area contributed by atoms with Crippen molar-refractivity contribution in [2.24, 2.45) is 0 Å². The smallest absolute Gasteiger partial charge is 0.416 e. The summed E-state index contributed by atoms with van der Waals surface area (Å²) < 4.78 is 52.8. The summed E-state index contributed by atoms with van der Waals surface area (Å²) in [4.78, 5) is 21.5. The highest BCUT2D eigenvalue weighted by Gasteiger charge is 2.34. The van der Waals surface area contributed by atoms with Gasteiger partial charge in [-0.05, 0) is 56.6 Å². The molecule has 190 valence electrons. The molecule has 34 heavy (non-hydrogen) atoms. The molecule has 1 aromatic carbocycles. The number of nitriles is 1. The average molecular weight is 493 g/mol. The molecule has 1 aliphatic rings. The number of aliphatic hydroxyl groups is 2. The van der Waals surface area contributed by atoms with Gasteiger partial charge in [0.25, 0.3) is 0 Å². The van der Waals surface area contributed by atoms with Gasteiger partial charge in [0.15, 0.2) is 12.2 Å². The van der Waals surface area contributed by atoms with E-state index in [0.29, 0.717) is 25.5 Å². The molecule has 0 saturated carbocycles. The fourth-order valence-corrected chi connectivity index (χ4v) is 3.36. The van der Waals surface area contributed by atoms with Gasteiger partial charge in [-0.2, -0.15) is 18.4 Å². The summed E-state index contributed by atoms with van der Waals surface area (Å²) >= 11 is 0. The minimum atomic E-state index is -4.58. The lowest BCUT2D eigenvalue weighted by Crippen LogP contribution is -2.43. The van der Waals surface area contributed by atoms with Crippen LogP contribution in [0.15, 0.2) is 18.2 Å². The van der Waals surface area contributed by atoms with Gasteiger partial charge in [-0.15, -0.1) is 0 Å². The molecular formula is C21H27F4N3O6. The molecule has 2 atom stereocenters. The maximum absolute atomic E-state index is 13.3. The number of unbranched alkanes of at least 4 members (excludes halogenated alkanes) is 1. The molecule has 5 N–H and O–H groups in total. The van der Waals surface area contributed by atoms with E-state index in [0.717, 1.165) is 32.0 Å². The van der Waals surface area contributed by atoms with Gasteiger partial charge in [-0.3, -0.25) is 4.90 Å². The van der Waals surface area contributed by atoms with Crippen molar-refractivity contribution >= 4 is 11.9 Å². The van der Waals surface area contributed by atoms with Gasteiger partial charge in [0, 0.05) is 19.0 Å². The number of piperidine rings is 1. The lowest BCUT2D eigenvalue weighted by atomic mass is 10.0. The van der Waals surface area contributed by atoms with Crippen molar-refractivity contribution < 1.29 is 47.6 Å². The molecule has 0 radical (unpaired) electrons. The largest absolute Gasteiger partial charge is 0.479 e. The van der Waals surface area contributed by atoms with Crippen LogP contribution in [0.1, 0.15) is 36.8 Å². The quantitative estimate of drug-likeness (QED) is 0.255. The number of hydrogen-bond acceptors (Lipinski definition) is 7. The number of benzene rings is 1. The van der Waals surface area contributed by atoms with E-state index in [1.165, 1.54) is 6.07 Å².